The van der Waals surface area contributed by atoms with E-state index >= 15 is 0 Å². The molecule has 0 saturated heterocycles. The van der Waals surface area contributed by atoms with Crippen LogP contribution in [0.15, 0.2) is 0 Å². The Bertz CT molecular complexity index is 8.00. The molecule has 0 fully saturated rings. The normalized spacial score (nSPS) is 0. The van der Waals surface area contributed by atoms with Gasteiger partial charge in [-0.3, -0.25) is 0 Å². The Balaban J connectivity index is 0. The topological polar surface area (TPSA) is 0 Å². The average molecular weight is 305 g/mol. The first-order chi connectivity index (χ1) is 0. The van der Waals surface area contributed by atoms with E-state index in [1.807, 2.05) is 0 Å². The maximum Gasteiger partial charge on any atom is 0 e. The SMILES string of the molecule is [Cd].[Cs].[S].[Si]. The largest absolute Gasteiger partial charge is 0 e. The monoisotopic (exact) mass is 307 g/mol. The van der Waals surface area contributed by atoms with Crippen molar-refractivity contribution in [2.45, 2.75) is 0 Å². The predicted molar refractivity (Wildman–Crippen MR) is 19.1 cm³/mol. The molecule has 0 unspecified atom stereocenters. The van der Waals surface area contributed by atoms with Crippen LogP contribution >= 0.6 is 13.5 Å². The summed E-state index contributed by atoms with van der Waals surface area (Å²) in [6.07, 6.45) is 0. The van der Waals surface area contributed by atoms with Gasteiger partial charge >= 0.3 is 0 Å². The van der Waals surface area contributed by atoms with Crippen LogP contribution in [0.25, 0.3) is 0 Å². The van der Waals surface area contributed by atoms with E-state index in [-0.39, 0.29) is 121 Å². The Morgan fingerprint density at radius 3 is 1.00 bits per heavy atom. The Kier molecular flexibility index (Phi) is 103. The Hall–Kier alpha value is 3.54. The van der Waals surface area contributed by atoms with Crippen LogP contribution in [0.2, 0.25) is 0 Å². The second-order valence-corrected chi connectivity index (χ2v) is 0. The van der Waals surface area contributed by atoms with Gasteiger partial charge in [0.25, 0.3) is 0 Å². The zero-order valence-corrected chi connectivity index (χ0v) is 14.7. The molecule has 0 aromatic carbocycles. The summed E-state index contributed by atoms with van der Waals surface area (Å²) in [5.74, 6) is 0. The first-order valence-corrected chi connectivity index (χ1v) is 0. The molecule has 0 aliphatic heterocycles. The second kappa shape index (κ2) is 16.0. The van der Waals surface area contributed by atoms with Crippen molar-refractivity contribution in [3.8, 4) is 0 Å². The van der Waals surface area contributed by atoms with E-state index in [1.165, 1.54) is 0 Å². The minimum absolute atomic E-state index is 0. The van der Waals surface area contributed by atoms with E-state index in [0.717, 1.165) is 0 Å². The first kappa shape index (κ1) is 25.7. The van der Waals surface area contributed by atoms with Gasteiger partial charge in [-0.15, -0.1) is 0 Å². The third kappa shape index (κ3) is 9.11. The van der Waals surface area contributed by atoms with Gasteiger partial charge in [-0.05, 0) is 0 Å². The van der Waals surface area contributed by atoms with Crippen molar-refractivity contribution >= 4 is 93.4 Å². The Labute approximate surface area is 117 Å². The fourth-order valence-electron chi connectivity index (χ4n) is 0. The molecule has 0 aliphatic rings. The van der Waals surface area contributed by atoms with Crippen molar-refractivity contribution in [3.63, 3.8) is 0 Å². The summed E-state index contributed by atoms with van der Waals surface area (Å²) in [5.41, 5.74) is 0. The standard InChI is InChI=1S/Cd.Cs.S.Si. The van der Waals surface area contributed by atoms with Gasteiger partial charge in [-0.25, -0.2) is 0 Å². The van der Waals surface area contributed by atoms with Gasteiger partial charge in [-0.1, -0.05) is 0 Å². The fraction of sp³-hybridized carbons (Fsp3) is 0. The summed E-state index contributed by atoms with van der Waals surface area (Å²) < 4.78 is 0. The maximum atomic E-state index is 0. The zero-order chi connectivity index (χ0) is 0. The van der Waals surface area contributed by atoms with Crippen LogP contribution in [0, 0.1) is 0 Å². The van der Waals surface area contributed by atoms with Gasteiger partial charge in [0.1, 0.15) is 0 Å². The summed E-state index contributed by atoms with van der Waals surface area (Å²) in [6.45, 7) is 0. The van der Waals surface area contributed by atoms with Crippen LogP contribution < -0.4 is 0 Å². The van der Waals surface area contributed by atoms with E-state index in [0.29, 0.717) is 0 Å². The zero-order valence-electron chi connectivity index (χ0n) is 2.62. The molecule has 0 amide bonds. The quantitative estimate of drug-likeness (QED) is 0.548. The van der Waals surface area contributed by atoms with Gasteiger partial charge in [0, 0.05) is 121 Å². The molecule has 13 valence electrons. The van der Waals surface area contributed by atoms with E-state index in [4.69, 9.17) is 0 Å². The van der Waals surface area contributed by atoms with Gasteiger partial charge in [0.15, 0.2) is 0 Å². The van der Waals surface area contributed by atoms with Crippen LogP contribution in [-0.2, 0) is 27.3 Å². The third-order valence-corrected chi connectivity index (χ3v) is 0. The average Bonchev–Trinajstić information content (AvgIpc) is 0. The summed E-state index contributed by atoms with van der Waals surface area (Å²) in [7, 11) is 0. The first-order valence-electron chi connectivity index (χ1n) is 0. The van der Waals surface area contributed by atoms with Gasteiger partial charge in [0.05, 0.1) is 0 Å². The van der Waals surface area contributed by atoms with Crippen LogP contribution in [0.3, 0.4) is 0 Å². The van der Waals surface area contributed by atoms with E-state index in [1.54, 1.807) is 0 Å². The molecule has 0 atom stereocenters. The van der Waals surface area contributed by atoms with E-state index in [2.05, 4.69) is 0 Å². The van der Waals surface area contributed by atoms with Crippen LogP contribution in [0.4, 0.5) is 0 Å². The summed E-state index contributed by atoms with van der Waals surface area (Å²) in [5, 5.41) is 0. The van der Waals surface area contributed by atoms with Crippen molar-refractivity contribution in [2.75, 3.05) is 0 Å². The number of hydrogen-bond donors (Lipinski definition) is 0. The molecule has 0 N–H and O–H groups in total. The van der Waals surface area contributed by atoms with Gasteiger partial charge < -0.3 is 0 Å². The number of rotatable bonds is 0. The van der Waals surface area contributed by atoms with Crippen molar-refractivity contribution in [1.82, 2.24) is 0 Å². The van der Waals surface area contributed by atoms with Crippen LogP contribution in [-0.4, -0.2) is 79.9 Å². The molecule has 4 heavy (non-hydrogen) atoms. The molecular formula is CdCsSSi. The molecular weight excluding hydrogens is 305 g/mol. The second-order valence-electron chi connectivity index (χ2n) is 0. The van der Waals surface area contributed by atoms with E-state index in [9.17, 15) is 0 Å². The van der Waals surface area contributed by atoms with Crippen LogP contribution in [0.5, 0.6) is 0 Å². The molecule has 7 radical (unpaired) electrons. The molecule has 0 heterocycles. The minimum Gasteiger partial charge on any atom is 0 e. The summed E-state index contributed by atoms with van der Waals surface area (Å²) in [4.78, 5) is 0. The molecule has 4 heteroatoms. The smallest absolute Gasteiger partial charge is 0 e. The molecule has 0 aliphatic carbocycles. The van der Waals surface area contributed by atoms with Crippen molar-refractivity contribution in [2.24, 2.45) is 0 Å². The van der Waals surface area contributed by atoms with Crippen LogP contribution in [0.1, 0.15) is 0 Å². The molecule has 0 rings (SSSR count). The van der Waals surface area contributed by atoms with Gasteiger partial charge in [0.2, 0.25) is 0 Å². The van der Waals surface area contributed by atoms with E-state index < -0.39 is 0 Å². The predicted octanol–water partition coefficient (Wildman–Crippen LogP) is -0.116. The third-order valence-electron chi connectivity index (χ3n) is 0. The molecule has 0 bridgehead atoms. The van der Waals surface area contributed by atoms with Gasteiger partial charge in [-0.2, -0.15) is 0 Å². The number of hydrogen-bond acceptors (Lipinski definition) is 0. The Morgan fingerprint density at radius 2 is 1.00 bits per heavy atom. The summed E-state index contributed by atoms with van der Waals surface area (Å²) >= 11 is 0. The molecule has 0 spiro atoms. The molecule has 0 aromatic heterocycles. The van der Waals surface area contributed by atoms with Crippen molar-refractivity contribution < 1.29 is 27.3 Å². The Morgan fingerprint density at radius 1 is 1.00 bits per heavy atom. The van der Waals surface area contributed by atoms with Crippen molar-refractivity contribution in [1.29, 1.82) is 0 Å². The summed E-state index contributed by atoms with van der Waals surface area (Å²) in [6, 6.07) is 0. The molecule has 0 nitrogen and oxygen atoms in total. The minimum atomic E-state index is 0. The molecule has 0 saturated carbocycles. The van der Waals surface area contributed by atoms with Crippen molar-refractivity contribution in [3.05, 3.63) is 0 Å². The molecule has 0 aromatic rings. The maximum absolute atomic E-state index is 0. The fourth-order valence-corrected chi connectivity index (χ4v) is 0.